The number of nitrogens with zero attached hydrogens (tertiary/aromatic N) is 1. The monoisotopic (exact) mass is 832 g/mol. The summed E-state index contributed by atoms with van der Waals surface area (Å²) in [5, 5.41) is 20.0. The first-order valence-corrected chi connectivity index (χ1v) is 19.1. The van der Waals surface area contributed by atoms with Gasteiger partial charge in [-0.15, -0.1) is 0 Å². The van der Waals surface area contributed by atoms with Crippen molar-refractivity contribution in [1.29, 1.82) is 0 Å². The Morgan fingerprint density at radius 1 is 0.678 bits per heavy atom. The molecule has 2 heterocycles. The van der Waals surface area contributed by atoms with Gasteiger partial charge in [-0.05, 0) is 128 Å². The predicted octanol–water partition coefficient (Wildman–Crippen LogP) is 5.00. The van der Waals surface area contributed by atoms with E-state index >= 15 is 0 Å². The summed E-state index contributed by atoms with van der Waals surface area (Å²) in [4.78, 5) is 48.6. The number of benzene rings is 4. The van der Waals surface area contributed by atoms with Gasteiger partial charge in [-0.1, -0.05) is 46.5 Å². The molecule has 312 valence electrons. The van der Waals surface area contributed by atoms with Crippen LogP contribution in [-0.4, -0.2) is 63.3 Å². The zero-order chi connectivity index (χ0) is 44.1. The van der Waals surface area contributed by atoms with E-state index in [9.17, 15) is 38.0 Å². The third-order valence-electron chi connectivity index (χ3n) is 8.91. The summed E-state index contributed by atoms with van der Waals surface area (Å²) in [6.45, 7) is 18.5. The van der Waals surface area contributed by atoms with E-state index in [2.05, 4.69) is 16.3 Å². The topological polar surface area (TPSA) is 167 Å². The van der Waals surface area contributed by atoms with Crippen LogP contribution in [0.2, 0.25) is 0 Å². The van der Waals surface area contributed by atoms with Crippen molar-refractivity contribution in [3.05, 3.63) is 128 Å². The number of carbonyl (C=O) groups excluding carboxylic acids is 4. The first-order valence-electron chi connectivity index (χ1n) is 18.7. The minimum atomic E-state index is -1.20. The smallest absolute Gasteiger partial charge is 0.423 e. The molecule has 0 saturated heterocycles. The number of hydrazine groups is 2. The maximum atomic E-state index is 14.8. The van der Waals surface area contributed by atoms with E-state index in [-0.39, 0.29) is 41.0 Å². The standard InChI is InChI=1S/C21H24BFN2O4.C12H16BFN2O3.C9H9ClO/c1-12-8-13(2)10-14(9-12)20(27)25(21(3,4)5)24-19(26)15-6-7-17-16(18(15)23)11-29-22(17)28;1-12(2,3)16-15-11(17)7-4-5-9-8(10(7)14)6-19-13(9)18;1-6-3-7(2)5-8(4-6)9(10)11/h6-10,28H,11H2,1-5H3,(H,24,26);4-5,16,18H,6H2,1-3H3,(H,15,17);3-5H,1-2H3. The van der Waals surface area contributed by atoms with Gasteiger partial charge < -0.3 is 19.4 Å². The van der Waals surface area contributed by atoms with Crippen molar-refractivity contribution >= 4 is 59.7 Å². The minimum absolute atomic E-state index is 0.0316. The number of carbonyl (C=O) groups is 4. The summed E-state index contributed by atoms with van der Waals surface area (Å²) in [5.41, 5.74) is 12.5. The molecule has 2 aliphatic heterocycles. The summed E-state index contributed by atoms with van der Waals surface area (Å²) in [7, 11) is -2.32. The normalized spacial score (nSPS) is 13.0. The van der Waals surface area contributed by atoms with Gasteiger partial charge in [0.1, 0.15) is 11.6 Å². The van der Waals surface area contributed by atoms with Crippen LogP contribution in [-0.2, 0) is 22.5 Å². The lowest BCUT2D eigenvalue weighted by Gasteiger charge is -2.35. The Morgan fingerprint density at radius 2 is 1.08 bits per heavy atom. The van der Waals surface area contributed by atoms with Gasteiger partial charge in [-0.25, -0.2) is 19.2 Å². The molecular formula is C42H49B2ClF2N4O8. The number of fused-ring (bicyclic) bond motifs is 2. The largest absolute Gasteiger partial charge is 0.491 e. The number of amides is 3. The van der Waals surface area contributed by atoms with Crippen molar-refractivity contribution in [2.45, 2.75) is 93.5 Å². The zero-order valence-corrected chi connectivity index (χ0v) is 35.5. The van der Waals surface area contributed by atoms with Gasteiger partial charge in [0.2, 0.25) is 0 Å². The van der Waals surface area contributed by atoms with E-state index in [1.165, 1.54) is 29.3 Å². The van der Waals surface area contributed by atoms with Crippen LogP contribution in [0.1, 0.15) is 116 Å². The summed E-state index contributed by atoms with van der Waals surface area (Å²) in [6.07, 6.45) is 0. The van der Waals surface area contributed by atoms with Crippen molar-refractivity contribution < 1.29 is 47.3 Å². The molecular weight excluding hydrogens is 784 g/mol. The molecule has 0 spiro atoms. The molecule has 17 heteroatoms. The van der Waals surface area contributed by atoms with Crippen LogP contribution in [0.15, 0.2) is 60.7 Å². The van der Waals surface area contributed by atoms with Crippen LogP contribution in [0.3, 0.4) is 0 Å². The average molecular weight is 833 g/mol. The first-order chi connectivity index (χ1) is 27.4. The molecule has 0 unspecified atom stereocenters. The van der Waals surface area contributed by atoms with Crippen LogP contribution in [0.5, 0.6) is 0 Å². The highest BCUT2D eigenvalue weighted by atomic mass is 35.5. The van der Waals surface area contributed by atoms with E-state index in [0.717, 1.165) is 22.3 Å². The van der Waals surface area contributed by atoms with Gasteiger partial charge in [0.05, 0.1) is 29.9 Å². The molecule has 12 nitrogen and oxygen atoms in total. The maximum absolute atomic E-state index is 14.8. The second-order valence-corrected chi connectivity index (χ2v) is 16.8. The Labute approximate surface area is 348 Å². The fraction of sp³-hybridized carbons (Fsp3) is 0.333. The Bertz CT molecular complexity index is 2220. The van der Waals surface area contributed by atoms with Crippen LogP contribution in [0.4, 0.5) is 8.78 Å². The maximum Gasteiger partial charge on any atom is 0.491 e. The lowest BCUT2D eigenvalue weighted by atomic mass is 9.79. The predicted molar refractivity (Wildman–Crippen MR) is 223 cm³/mol. The lowest BCUT2D eigenvalue weighted by molar-refractivity contribution is 0.0356. The molecule has 0 atom stereocenters. The van der Waals surface area contributed by atoms with E-state index in [1.807, 2.05) is 60.6 Å². The number of hydrogen-bond donors (Lipinski definition) is 5. The first kappa shape index (κ1) is 46.7. The fourth-order valence-corrected chi connectivity index (χ4v) is 6.30. The van der Waals surface area contributed by atoms with Crippen molar-refractivity contribution in [1.82, 2.24) is 21.3 Å². The van der Waals surface area contributed by atoms with Crippen molar-refractivity contribution in [2.24, 2.45) is 0 Å². The fourth-order valence-electron chi connectivity index (χ4n) is 6.20. The second-order valence-electron chi connectivity index (χ2n) is 16.4. The SMILES string of the molecule is CC(C)(C)NNC(=O)c1ccc2c(c1F)COB2O.Cc1cc(C)cc(C(=O)Cl)c1.Cc1cc(C)cc(C(=O)N(NC(=O)c2ccc3c(c2F)COB3O)C(C)(C)C)c1. The molecule has 59 heavy (non-hydrogen) atoms. The summed E-state index contributed by atoms with van der Waals surface area (Å²) < 4.78 is 38.9. The summed E-state index contributed by atoms with van der Waals surface area (Å²) in [5.74, 6) is -3.11. The number of aryl methyl sites for hydroxylation is 4. The highest BCUT2D eigenvalue weighted by Gasteiger charge is 2.35. The highest BCUT2D eigenvalue weighted by Crippen LogP contribution is 2.22. The molecule has 5 N–H and O–H groups in total. The number of hydrogen-bond acceptors (Lipinski definition) is 9. The summed E-state index contributed by atoms with van der Waals surface area (Å²) >= 11 is 5.31. The van der Waals surface area contributed by atoms with Crippen LogP contribution in [0, 0.1) is 39.3 Å². The third-order valence-corrected chi connectivity index (χ3v) is 9.13. The zero-order valence-electron chi connectivity index (χ0n) is 34.8. The van der Waals surface area contributed by atoms with Crippen molar-refractivity contribution in [3.8, 4) is 0 Å². The highest BCUT2D eigenvalue weighted by molar-refractivity contribution is 6.67. The molecule has 3 amide bonds. The Balaban J connectivity index is 0.000000219. The molecule has 0 radical (unpaired) electrons. The number of nitrogens with one attached hydrogen (secondary N) is 3. The van der Waals surface area contributed by atoms with Gasteiger partial charge in [0, 0.05) is 27.8 Å². The van der Waals surface area contributed by atoms with Crippen LogP contribution < -0.4 is 27.2 Å². The Morgan fingerprint density at radius 3 is 1.47 bits per heavy atom. The third kappa shape index (κ3) is 12.1. The second kappa shape index (κ2) is 19.0. The van der Waals surface area contributed by atoms with Gasteiger partial charge in [-0.3, -0.25) is 30.0 Å². The molecule has 0 saturated carbocycles. The van der Waals surface area contributed by atoms with Gasteiger partial charge >= 0.3 is 14.2 Å². The molecule has 0 fully saturated rings. The lowest BCUT2D eigenvalue weighted by Crippen LogP contribution is -2.56. The molecule has 0 aliphatic carbocycles. The van der Waals surface area contributed by atoms with Gasteiger partial charge in [-0.2, -0.15) is 0 Å². The Hall–Kier alpha value is -4.96. The van der Waals surface area contributed by atoms with E-state index in [0.29, 0.717) is 22.1 Å². The number of rotatable bonds is 5. The molecule has 6 rings (SSSR count). The molecule has 4 aromatic carbocycles. The van der Waals surface area contributed by atoms with Gasteiger partial charge in [0.15, 0.2) is 0 Å². The minimum Gasteiger partial charge on any atom is -0.423 e. The van der Waals surface area contributed by atoms with Gasteiger partial charge in [0.25, 0.3) is 23.0 Å². The molecule has 0 bridgehead atoms. The van der Waals surface area contributed by atoms with Crippen LogP contribution >= 0.6 is 11.6 Å². The average Bonchev–Trinajstić information content (AvgIpc) is 3.71. The Kier molecular flexibility index (Phi) is 15.0. The number of halogens is 3. The molecule has 2 aliphatic rings. The van der Waals surface area contributed by atoms with Crippen molar-refractivity contribution in [3.63, 3.8) is 0 Å². The van der Waals surface area contributed by atoms with Crippen molar-refractivity contribution in [2.75, 3.05) is 0 Å². The molecule has 0 aromatic heterocycles. The summed E-state index contributed by atoms with van der Waals surface area (Å²) in [6, 6.07) is 16.6. The van der Waals surface area contributed by atoms with E-state index in [4.69, 9.17) is 20.9 Å². The van der Waals surface area contributed by atoms with E-state index < -0.39 is 54.4 Å². The van der Waals surface area contributed by atoms with E-state index in [1.54, 1.807) is 45.0 Å². The molecule has 4 aromatic rings. The quantitative estimate of drug-likeness (QED) is 0.106. The van der Waals surface area contributed by atoms with Crippen LogP contribution in [0.25, 0.3) is 0 Å².